The number of fused-ring (bicyclic) bond motifs is 1. The van der Waals surface area contributed by atoms with E-state index in [1.54, 1.807) is 4.90 Å². The lowest BCUT2D eigenvalue weighted by Gasteiger charge is -2.24. The van der Waals surface area contributed by atoms with Crippen molar-refractivity contribution in [2.45, 2.75) is 12.5 Å². The largest absolute Gasteiger partial charge is 0.421 e. The molecule has 4 heterocycles. The van der Waals surface area contributed by atoms with Gasteiger partial charge in [0.15, 0.2) is 5.58 Å². The van der Waals surface area contributed by atoms with E-state index in [2.05, 4.69) is 9.97 Å². The second-order valence-electron chi connectivity index (χ2n) is 5.89. The van der Waals surface area contributed by atoms with Gasteiger partial charge in [0.05, 0.1) is 30.3 Å². The number of pyridine rings is 1. The number of nitrogens with zero attached hydrogens (tertiary/aromatic N) is 5. The minimum absolute atomic E-state index is 0.138. The van der Waals surface area contributed by atoms with E-state index < -0.39 is 11.0 Å². The van der Waals surface area contributed by atoms with Gasteiger partial charge in [-0.1, -0.05) is 0 Å². The number of β-amino-alcohol motifs (C(OH)–C–C–N with tert-alkyl or cyclic N) is 1. The van der Waals surface area contributed by atoms with Crippen LogP contribution in [0.15, 0.2) is 10.5 Å². The molecule has 4 rings (SSSR count). The lowest BCUT2D eigenvalue weighted by molar-refractivity contribution is -0.384. The fourth-order valence-electron chi connectivity index (χ4n) is 3.02. The summed E-state index contributed by atoms with van der Waals surface area (Å²) in [7, 11) is 0. The molecule has 24 heavy (non-hydrogen) atoms. The molecule has 10 heteroatoms. The highest BCUT2D eigenvalue weighted by atomic mass is 16.6. The Hall–Kier alpha value is -2.46. The molecule has 0 spiro atoms. The third kappa shape index (κ3) is 2.63. The molecule has 0 aromatic carbocycles. The molecular weight excluding hydrogens is 318 g/mol. The Labute approximate surface area is 136 Å². The Morgan fingerprint density at radius 2 is 2.04 bits per heavy atom. The predicted molar refractivity (Wildman–Crippen MR) is 84.3 cm³/mol. The Morgan fingerprint density at radius 3 is 2.71 bits per heavy atom. The molecule has 2 aliphatic rings. The number of aliphatic hydroxyl groups excluding tert-OH is 1. The summed E-state index contributed by atoms with van der Waals surface area (Å²) < 4.78 is 11.0. The van der Waals surface area contributed by atoms with Gasteiger partial charge in [-0.2, -0.15) is 4.98 Å². The molecule has 0 bridgehead atoms. The van der Waals surface area contributed by atoms with Crippen LogP contribution in [0.2, 0.25) is 0 Å². The van der Waals surface area contributed by atoms with Gasteiger partial charge in [-0.3, -0.25) is 10.1 Å². The zero-order chi connectivity index (χ0) is 16.7. The topological polar surface area (TPSA) is 118 Å². The minimum atomic E-state index is -0.497. The molecule has 0 radical (unpaired) electrons. The number of ether oxygens (including phenoxy) is 1. The number of aromatic nitrogens is 2. The maximum Gasteiger partial charge on any atom is 0.315 e. The van der Waals surface area contributed by atoms with Gasteiger partial charge in [0, 0.05) is 26.2 Å². The van der Waals surface area contributed by atoms with Crippen LogP contribution in [0.3, 0.4) is 0 Å². The van der Waals surface area contributed by atoms with E-state index in [1.807, 2.05) is 4.90 Å². The molecule has 2 fully saturated rings. The first-order chi connectivity index (χ1) is 11.6. The normalized spacial score (nSPS) is 21.6. The van der Waals surface area contributed by atoms with E-state index in [0.29, 0.717) is 57.5 Å². The van der Waals surface area contributed by atoms with Crippen molar-refractivity contribution in [1.29, 1.82) is 0 Å². The molecule has 10 nitrogen and oxygen atoms in total. The molecule has 1 unspecified atom stereocenters. The molecule has 2 saturated heterocycles. The molecular formula is C14H17N5O5. The molecule has 1 N–H and O–H groups in total. The van der Waals surface area contributed by atoms with Gasteiger partial charge in [-0.15, -0.1) is 0 Å². The van der Waals surface area contributed by atoms with E-state index in [1.165, 1.54) is 6.07 Å². The monoisotopic (exact) mass is 335 g/mol. The highest BCUT2D eigenvalue weighted by Gasteiger charge is 2.30. The fraction of sp³-hybridized carbons (Fsp3) is 0.571. The van der Waals surface area contributed by atoms with Crippen molar-refractivity contribution in [1.82, 2.24) is 9.97 Å². The zero-order valence-corrected chi connectivity index (χ0v) is 12.9. The van der Waals surface area contributed by atoms with Crippen LogP contribution in [-0.4, -0.2) is 65.5 Å². The van der Waals surface area contributed by atoms with E-state index >= 15 is 0 Å². The second kappa shape index (κ2) is 5.87. The van der Waals surface area contributed by atoms with Gasteiger partial charge in [0.25, 0.3) is 6.01 Å². The third-order valence-electron chi connectivity index (χ3n) is 4.27. The highest BCUT2D eigenvalue weighted by molar-refractivity contribution is 5.79. The third-order valence-corrected chi connectivity index (χ3v) is 4.27. The number of anilines is 2. The van der Waals surface area contributed by atoms with Gasteiger partial charge in [-0.05, 0) is 6.42 Å². The summed E-state index contributed by atoms with van der Waals surface area (Å²) in [5.41, 5.74) is 0.478. The Kier molecular flexibility index (Phi) is 3.69. The molecule has 0 saturated carbocycles. The van der Waals surface area contributed by atoms with Crippen LogP contribution >= 0.6 is 0 Å². The van der Waals surface area contributed by atoms with E-state index in [0.717, 1.165) is 0 Å². The van der Waals surface area contributed by atoms with Gasteiger partial charge in [-0.25, -0.2) is 4.98 Å². The Balaban J connectivity index is 1.74. The Bertz CT molecular complexity index is 772. The van der Waals surface area contributed by atoms with Crippen LogP contribution in [0.1, 0.15) is 6.42 Å². The molecule has 2 aromatic heterocycles. The SMILES string of the molecule is O=[N+]([O-])c1cc2oc(N3CCOCC3)nc2nc1N1CCC(O)C1. The second-order valence-corrected chi connectivity index (χ2v) is 5.89. The van der Waals surface area contributed by atoms with Crippen molar-refractivity contribution in [2.75, 3.05) is 49.2 Å². The first kappa shape index (κ1) is 15.1. The van der Waals surface area contributed by atoms with Crippen molar-refractivity contribution in [3.8, 4) is 0 Å². The lowest BCUT2D eigenvalue weighted by Crippen LogP contribution is -2.36. The van der Waals surface area contributed by atoms with Crippen LogP contribution in [0, 0.1) is 10.1 Å². The molecule has 2 aromatic rings. The molecule has 1 atom stereocenters. The van der Waals surface area contributed by atoms with Crippen LogP contribution < -0.4 is 9.80 Å². The maximum atomic E-state index is 11.4. The first-order valence-corrected chi connectivity index (χ1v) is 7.83. The highest BCUT2D eigenvalue weighted by Crippen LogP contribution is 2.33. The lowest BCUT2D eigenvalue weighted by atomic mass is 10.3. The summed E-state index contributed by atoms with van der Waals surface area (Å²) in [6.45, 7) is 3.33. The predicted octanol–water partition coefficient (Wildman–Crippen LogP) is 0.539. The standard InChI is InChI=1S/C14H17N5O5/c20-9-1-2-18(8-9)13-10(19(21)22)7-11-12(15-13)16-14(24-11)17-3-5-23-6-4-17/h7,9,20H,1-6,8H2. The number of oxazole rings is 1. The Morgan fingerprint density at radius 1 is 1.25 bits per heavy atom. The average Bonchev–Trinajstić information content (AvgIpc) is 3.20. The zero-order valence-electron chi connectivity index (χ0n) is 12.9. The average molecular weight is 335 g/mol. The summed E-state index contributed by atoms with van der Waals surface area (Å²) in [4.78, 5) is 23.3. The van der Waals surface area contributed by atoms with Crippen LogP contribution in [0.5, 0.6) is 0 Å². The first-order valence-electron chi connectivity index (χ1n) is 7.83. The molecule has 0 amide bonds. The maximum absolute atomic E-state index is 11.4. The van der Waals surface area contributed by atoms with E-state index in [-0.39, 0.29) is 17.1 Å². The quantitative estimate of drug-likeness (QED) is 0.633. The van der Waals surface area contributed by atoms with Crippen molar-refractivity contribution < 1.29 is 19.2 Å². The van der Waals surface area contributed by atoms with Crippen molar-refractivity contribution in [3.63, 3.8) is 0 Å². The number of hydrogen-bond acceptors (Lipinski definition) is 9. The molecule has 2 aliphatic heterocycles. The van der Waals surface area contributed by atoms with Gasteiger partial charge < -0.3 is 24.1 Å². The fourth-order valence-corrected chi connectivity index (χ4v) is 3.02. The number of morpholine rings is 1. The molecule has 128 valence electrons. The van der Waals surface area contributed by atoms with Crippen LogP contribution in [0.4, 0.5) is 17.5 Å². The minimum Gasteiger partial charge on any atom is -0.421 e. The summed E-state index contributed by atoms with van der Waals surface area (Å²) in [6, 6.07) is 1.76. The van der Waals surface area contributed by atoms with Crippen molar-refractivity contribution in [2.24, 2.45) is 0 Å². The summed E-state index contributed by atoms with van der Waals surface area (Å²) in [6.07, 6.45) is 0.0673. The summed E-state index contributed by atoms with van der Waals surface area (Å²) >= 11 is 0. The number of nitro groups is 1. The van der Waals surface area contributed by atoms with Gasteiger partial charge in [0.2, 0.25) is 11.5 Å². The number of aliphatic hydroxyl groups is 1. The van der Waals surface area contributed by atoms with Gasteiger partial charge in [0.1, 0.15) is 0 Å². The van der Waals surface area contributed by atoms with Crippen molar-refractivity contribution >= 4 is 28.8 Å². The van der Waals surface area contributed by atoms with Crippen LogP contribution in [0.25, 0.3) is 11.2 Å². The molecule has 0 aliphatic carbocycles. The number of hydrogen-bond donors (Lipinski definition) is 1. The number of rotatable bonds is 3. The van der Waals surface area contributed by atoms with Gasteiger partial charge >= 0.3 is 5.69 Å². The summed E-state index contributed by atoms with van der Waals surface area (Å²) in [5.74, 6) is 0.228. The summed E-state index contributed by atoms with van der Waals surface area (Å²) in [5, 5.41) is 21.1. The van der Waals surface area contributed by atoms with Crippen LogP contribution in [-0.2, 0) is 4.74 Å². The van der Waals surface area contributed by atoms with E-state index in [4.69, 9.17) is 9.15 Å². The van der Waals surface area contributed by atoms with E-state index in [9.17, 15) is 15.2 Å². The smallest absolute Gasteiger partial charge is 0.315 e. The van der Waals surface area contributed by atoms with Crippen molar-refractivity contribution in [3.05, 3.63) is 16.2 Å².